The number of amides is 2. The van der Waals surface area contributed by atoms with E-state index in [9.17, 15) is 9.59 Å². The monoisotopic (exact) mass is 438 g/mol. The summed E-state index contributed by atoms with van der Waals surface area (Å²) in [5, 5.41) is 2.95. The fourth-order valence-electron chi connectivity index (χ4n) is 3.16. The number of unbranched alkanes of at least 4 members (excludes halogenated alkanes) is 2. The first-order chi connectivity index (χ1) is 14.4. The van der Waals surface area contributed by atoms with Crippen molar-refractivity contribution in [2.75, 3.05) is 11.9 Å². The molecule has 1 aliphatic heterocycles. The van der Waals surface area contributed by atoms with Crippen molar-refractivity contribution >= 4 is 51.9 Å². The van der Waals surface area contributed by atoms with E-state index in [1.54, 1.807) is 4.90 Å². The van der Waals surface area contributed by atoms with Gasteiger partial charge in [-0.25, -0.2) is 0 Å². The van der Waals surface area contributed by atoms with E-state index in [1.165, 1.54) is 17.3 Å². The van der Waals surface area contributed by atoms with E-state index in [0.717, 1.165) is 36.1 Å². The topological polar surface area (TPSA) is 49.4 Å². The van der Waals surface area contributed by atoms with Crippen molar-refractivity contribution in [3.05, 3.63) is 70.1 Å². The molecule has 0 unspecified atom stereocenters. The molecule has 0 bridgehead atoms. The fourth-order valence-corrected chi connectivity index (χ4v) is 4.47. The van der Waals surface area contributed by atoms with Gasteiger partial charge in [0.15, 0.2) is 0 Å². The van der Waals surface area contributed by atoms with Crippen LogP contribution in [0.5, 0.6) is 0 Å². The van der Waals surface area contributed by atoms with Crippen molar-refractivity contribution in [3.63, 3.8) is 0 Å². The van der Waals surface area contributed by atoms with Crippen molar-refractivity contribution < 1.29 is 9.59 Å². The molecule has 3 rings (SSSR count). The Balaban J connectivity index is 1.42. The van der Waals surface area contributed by atoms with Gasteiger partial charge < -0.3 is 5.32 Å². The SMILES string of the molecule is Cc1ccc(/C=C2\SC(=S)N(CCCCCC(=O)Nc3ccccc3C)C2=O)cc1. The average Bonchev–Trinajstić information content (AvgIpc) is 2.98. The Hall–Kier alpha value is -2.44. The molecule has 1 aliphatic rings. The molecule has 1 fully saturated rings. The summed E-state index contributed by atoms with van der Waals surface area (Å²) in [6.45, 7) is 4.61. The van der Waals surface area contributed by atoms with Crippen LogP contribution in [0.3, 0.4) is 0 Å². The summed E-state index contributed by atoms with van der Waals surface area (Å²) >= 11 is 6.76. The van der Waals surface area contributed by atoms with Crippen LogP contribution in [0.4, 0.5) is 5.69 Å². The summed E-state index contributed by atoms with van der Waals surface area (Å²) in [6, 6.07) is 15.8. The quantitative estimate of drug-likeness (QED) is 0.326. The van der Waals surface area contributed by atoms with Gasteiger partial charge in [0.2, 0.25) is 5.91 Å². The first-order valence-electron chi connectivity index (χ1n) is 10.1. The lowest BCUT2D eigenvalue weighted by molar-refractivity contribution is -0.122. The molecule has 2 aromatic rings. The second-order valence-electron chi connectivity index (χ2n) is 7.42. The highest BCUT2D eigenvalue weighted by Crippen LogP contribution is 2.32. The summed E-state index contributed by atoms with van der Waals surface area (Å²) in [5.74, 6) is -0.00110. The molecule has 1 heterocycles. The highest BCUT2D eigenvalue weighted by molar-refractivity contribution is 8.26. The number of nitrogens with zero attached hydrogens (tertiary/aromatic N) is 1. The Morgan fingerprint density at radius 1 is 1.07 bits per heavy atom. The first kappa shape index (κ1) is 22.2. The molecule has 0 aromatic heterocycles. The van der Waals surface area contributed by atoms with Gasteiger partial charge in [0.25, 0.3) is 5.91 Å². The molecule has 0 atom stereocenters. The number of hydrogen-bond donors (Lipinski definition) is 1. The summed E-state index contributed by atoms with van der Waals surface area (Å²) in [4.78, 5) is 27.1. The van der Waals surface area contributed by atoms with Gasteiger partial charge in [-0.1, -0.05) is 78.4 Å². The van der Waals surface area contributed by atoms with Gasteiger partial charge in [-0.3, -0.25) is 14.5 Å². The minimum Gasteiger partial charge on any atom is -0.326 e. The van der Waals surface area contributed by atoms with E-state index in [0.29, 0.717) is 22.2 Å². The Kier molecular flexibility index (Phi) is 7.82. The molecule has 6 heteroatoms. The first-order valence-corrected chi connectivity index (χ1v) is 11.3. The molecular formula is C24H26N2O2S2. The van der Waals surface area contributed by atoms with Crippen LogP contribution in [-0.4, -0.2) is 27.6 Å². The highest BCUT2D eigenvalue weighted by Gasteiger charge is 2.31. The van der Waals surface area contributed by atoms with Crippen LogP contribution < -0.4 is 5.32 Å². The van der Waals surface area contributed by atoms with E-state index in [1.807, 2.05) is 68.5 Å². The van der Waals surface area contributed by atoms with Crippen molar-refractivity contribution in [3.8, 4) is 0 Å². The van der Waals surface area contributed by atoms with Crippen LogP contribution in [0.25, 0.3) is 6.08 Å². The molecule has 156 valence electrons. The third-order valence-corrected chi connectivity index (χ3v) is 6.33. The number of carbonyl (C=O) groups excluding carboxylic acids is 2. The molecule has 1 saturated heterocycles. The van der Waals surface area contributed by atoms with E-state index in [4.69, 9.17) is 12.2 Å². The lowest BCUT2D eigenvalue weighted by Gasteiger charge is -2.14. The van der Waals surface area contributed by atoms with E-state index in [2.05, 4.69) is 5.32 Å². The number of rotatable bonds is 8. The molecular weight excluding hydrogens is 412 g/mol. The number of thioether (sulfide) groups is 1. The Morgan fingerprint density at radius 3 is 2.53 bits per heavy atom. The number of nitrogens with one attached hydrogen (secondary N) is 1. The second kappa shape index (κ2) is 10.5. The predicted octanol–water partition coefficient (Wildman–Crippen LogP) is 5.70. The molecule has 30 heavy (non-hydrogen) atoms. The van der Waals surface area contributed by atoms with E-state index < -0.39 is 0 Å². The van der Waals surface area contributed by atoms with Crippen LogP contribution in [0.1, 0.15) is 42.4 Å². The average molecular weight is 439 g/mol. The highest BCUT2D eigenvalue weighted by atomic mass is 32.2. The van der Waals surface area contributed by atoms with Crippen molar-refractivity contribution in [1.29, 1.82) is 0 Å². The number of benzene rings is 2. The lowest BCUT2D eigenvalue weighted by atomic mass is 10.1. The molecule has 2 aromatic carbocycles. The Labute approximate surface area is 187 Å². The smallest absolute Gasteiger partial charge is 0.266 e. The minimum absolute atomic E-state index is 0.0240. The van der Waals surface area contributed by atoms with Crippen LogP contribution in [-0.2, 0) is 9.59 Å². The molecule has 2 amide bonds. The maximum Gasteiger partial charge on any atom is 0.266 e. The molecule has 0 aliphatic carbocycles. The Bertz CT molecular complexity index is 967. The van der Waals surface area contributed by atoms with Gasteiger partial charge >= 0.3 is 0 Å². The van der Waals surface area contributed by atoms with E-state index in [-0.39, 0.29) is 11.8 Å². The normalized spacial score (nSPS) is 15.1. The number of hydrogen-bond acceptors (Lipinski definition) is 4. The van der Waals surface area contributed by atoms with Gasteiger partial charge in [-0.2, -0.15) is 0 Å². The van der Waals surface area contributed by atoms with Crippen LogP contribution in [0, 0.1) is 13.8 Å². The molecule has 0 spiro atoms. The van der Waals surface area contributed by atoms with E-state index >= 15 is 0 Å². The lowest BCUT2D eigenvalue weighted by Crippen LogP contribution is -2.29. The summed E-state index contributed by atoms with van der Waals surface area (Å²) in [5.41, 5.74) is 4.10. The third-order valence-electron chi connectivity index (χ3n) is 4.95. The summed E-state index contributed by atoms with van der Waals surface area (Å²) in [7, 11) is 0. The zero-order valence-electron chi connectivity index (χ0n) is 17.3. The summed E-state index contributed by atoms with van der Waals surface area (Å²) < 4.78 is 0.607. The molecule has 4 nitrogen and oxygen atoms in total. The third kappa shape index (κ3) is 6.03. The maximum absolute atomic E-state index is 12.7. The fraction of sp³-hybridized carbons (Fsp3) is 0.292. The Morgan fingerprint density at radius 2 is 1.80 bits per heavy atom. The standard InChI is InChI=1S/C24H26N2O2S2/c1-17-11-13-19(14-12-17)16-21-23(28)26(24(29)30-21)15-7-3-4-10-22(27)25-20-9-6-5-8-18(20)2/h5-6,8-9,11-14,16H,3-4,7,10,15H2,1-2H3,(H,25,27)/b21-16-. The van der Waals surface area contributed by atoms with Crippen LogP contribution in [0.15, 0.2) is 53.4 Å². The number of carbonyl (C=O) groups is 2. The number of thiocarbonyl (C=S) groups is 1. The van der Waals surface area contributed by atoms with Crippen LogP contribution in [0.2, 0.25) is 0 Å². The molecule has 1 N–H and O–H groups in total. The maximum atomic E-state index is 12.7. The van der Waals surface area contributed by atoms with Gasteiger partial charge in [-0.05, 0) is 50.0 Å². The number of para-hydroxylation sites is 1. The molecule has 0 saturated carbocycles. The minimum atomic E-state index is -0.0251. The van der Waals surface area contributed by atoms with Crippen molar-refractivity contribution in [2.24, 2.45) is 0 Å². The zero-order valence-corrected chi connectivity index (χ0v) is 18.9. The van der Waals surface area contributed by atoms with Gasteiger partial charge in [0.05, 0.1) is 4.91 Å². The number of aryl methyl sites for hydroxylation is 2. The number of anilines is 1. The summed E-state index contributed by atoms with van der Waals surface area (Å²) in [6.07, 6.45) is 4.84. The second-order valence-corrected chi connectivity index (χ2v) is 9.09. The predicted molar refractivity (Wildman–Crippen MR) is 129 cm³/mol. The zero-order chi connectivity index (χ0) is 21.5. The van der Waals surface area contributed by atoms with Crippen molar-refractivity contribution in [2.45, 2.75) is 39.5 Å². The van der Waals surface area contributed by atoms with Gasteiger partial charge in [0, 0.05) is 18.7 Å². The van der Waals surface area contributed by atoms with Gasteiger partial charge in [0.1, 0.15) is 4.32 Å². The van der Waals surface area contributed by atoms with Crippen LogP contribution >= 0.6 is 24.0 Å². The molecule has 0 radical (unpaired) electrons. The van der Waals surface area contributed by atoms with Crippen molar-refractivity contribution in [1.82, 2.24) is 4.90 Å². The van der Waals surface area contributed by atoms with Gasteiger partial charge in [-0.15, -0.1) is 0 Å². The largest absolute Gasteiger partial charge is 0.326 e.